The van der Waals surface area contributed by atoms with Gasteiger partial charge in [0.25, 0.3) is 0 Å². The maximum absolute atomic E-state index is 8.52. The standard InChI is InChI=1S/Co.Ni.3H2O4S.Zn/c;;3*1-5(2,3)4;/h;;3*(H2,1,2,3,4);/q2*+2;;;;+2/p-6. The molecule has 0 heterocycles. The molecule has 0 aromatic heterocycles. The molecule has 0 amide bonds. The fraction of sp³-hybridized carbons (Fsp3) is 0. The first-order chi connectivity index (χ1) is 6.00. The van der Waals surface area contributed by atoms with Crippen molar-refractivity contribution in [3.05, 3.63) is 0 Å². The summed E-state index contributed by atoms with van der Waals surface area (Å²) in [5.74, 6) is 0. The van der Waals surface area contributed by atoms with E-state index >= 15 is 0 Å². The van der Waals surface area contributed by atoms with Crippen LogP contribution in [0.5, 0.6) is 0 Å². The van der Waals surface area contributed by atoms with Crippen molar-refractivity contribution in [1.29, 1.82) is 0 Å². The summed E-state index contributed by atoms with van der Waals surface area (Å²) < 4.78 is 102. The van der Waals surface area contributed by atoms with E-state index in [1.165, 1.54) is 0 Å². The Morgan fingerprint density at radius 1 is 0.500 bits per heavy atom. The molecule has 0 atom stereocenters. The summed E-state index contributed by atoms with van der Waals surface area (Å²) in [4.78, 5) is 0. The average molecular weight is 471 g/mol. The van der Waals surface area contributed by atoms with Crippen molar-refractivity contribution in [1.82, 2.24) is 0 Å². The van der Waals surface area contributed by atoms with Gasteiger partial charge in [0.2, 0.25) is 0 Å². The third-order valence-corrected chi connectivity index (χ3v) is 0. The summed E-state index contributed by atoms with van der Waals surface area (Å²) >= 11 is 0. The predicted molar refractivity (Wildman–Crippen MR) is 31.4 cm³/mol. The van der Waals surface area contributed by atoms with E-state index in [0.717, 1.165) is 0 Å². The van der Waals surface area contributed by atoms with Crippen LogP contribution >= 0.6 is 0 Å². The Morgan fingerprint density at radius 3 is 0.500 bits per heavy atom. The topological polar surface area (TPSA) is 241 Å². The van der Waals surface area contributed by atoms with Gasteiger partial charge in [0.15, 0.2) is 0 Å². The minimum absolute atomic E-state index is 0. The zero-order valence-corrected chi connectivity index (χ0v) is 14.9. The largest absolute Gasteiger partial charge is 2.00 e. The summed E-state index contributed by atoms with van der Waals surface area (Å²) in [6, 6.07) is 0. The molecule has 0 aliphatic heterocycles. The van der Waals surface area contributed by atoms with E-state index in [0.29, 0.717) is 0 Å². The third-order valence-electron chi connectivity index (χ3n) is 0. The van der Waals surface area contributed by atoms with Crippen LogP contribution in [0.2, 0.25) is 0 Å². The van der Waals surface area contributed by atoms with Gasteiger partial charge < -0.3 is 27.3 Å². The van der Waals surface area contributed by atoms with Gasteiger partial charge in [-0.2, -0.15) is 0 Å². The third kappa shape index (κ3) is 2990. The quantitative estimate of drug-likeness (QED) is 0.186. The molecule has 0 aliphatic rings. The first-order valence-corrected chi connectivity index (χ1v) is 6.00. The molecular formula is CoNiO12S3Zn. The number of hydrogen-bond acceptors (Lipinski definition) is 12. The first-order valence-electron chi connectivity index (χ1n) is 2.00. The van der Waals surface area contributed by atoms with Crippen molar-refractivity contribution in [2.45, 2.75) is 0 Å². The Hall–Kier alpha value is 1.23. The average Bonchev–Trinajstić information content (AvgIpc) is 1.41. The van der Waals surface area contributed by atoms with Crippen molar-refractivity contribution < 1.29 is 105 Å². The molecule has 0 saturated carbocycles. The Kier molecular flexibility index (Phi) is 29.7. The van der Waals surface area contributed by atoms with Crippen LogP contribution in [0.1, 0.15) is 0 Å². The zero-order valence-electron chi connectivity index (χ0n) is 7.48. The minimum atomic E-state index is -5.17. The van der Waals surface area contributed by atoms with Gasteiger partial charge >= 0.3 is 52.7 Å². The second-order valence-corrected chi connectivity index (χ2v) is 3.67. The molecule has 0 spiro atoms. The maximum atomic E-state index is 8.52. The first kappa shape index (κ1) is 36.5. The maximum Gasteiger partial charge on any atom is 2.00 e. The van der Waals surface area contributed by atoms with Gasteiger partial charge in [0, 0.05) is 31.2 Å². The van der Waals surface area contributed by atoms with Crippen LogP contribution in [0.4, 0.5) is 0 Å². The van der Waals surface area contributed by atoms with E-state index in [1.54, 1.807) is 0 Å². The van der Waals surface area contributed by atoms with E-state index in [4.69, 9.17) is 52.6 Å². The van der Waals surface area contributed by atoms with E-state index in [2.05, 4.69) is 0 Å². The molecule has 0 saturated heterocycles. The molecule has 111 valence electrons. The van der Waals surface area contributed by atoms with Crippen molar-refractivity contribution >= 4 is 31.2 Å². The molecule has 0 aromatic carbocycles. The molecule has 18 heteroatoms. The Bertz CT molecular complexity index is 348. The van der Waals surface area contributed by atoms with Crippen molar-refractivity contribution in [2.75, 3.05) is 0 Å². The van der Waals surface area contributed by atoms with Gasteiger partial charge in [0.05, 0.1) is 0 Å². The van der Waals surface area contributed by atoms with Gasteiger partial charge in [0.1, 0.15) is 0 Å². The van der Waals surface area contributed by atoms with Crippen LogP contribution in [0.15, 0.2) is 0 Å². The molecule has 1 radical (unpaired) electrons. The van der Waals surface area contributed by atoms with Crippen LogP contribution in [0.3, 0.4) is 0 Å². The van der Waals surface area contributed by atoms with Crippen LogP contribution in [0, 0.1) is 0 Å². The van der Waals surface area contributed by atoms with E-state index in [1.807, 2.05) is 0 Å². The van der Waals surface area contributed by atoms with Gasteiger partial charge in [-0.15, -0.1) is 0 Å². The second kappa shape index (κ2) is 14.6. The van der Waals surface area contributed by atoms with Crippen molar-refractivity contribution in [3.8, 4) is 0 Å². The summed E-state index contributed by atoms with van der Waals surface area (Å²) in [6.45, 7) is 0. The van der Waals surface area contributed by atoms with Crippen molar-refractivity contribution in [2.24, 2.45) is 0 Å². The molecule has 0 unspecified atom stereocenters. The van der Waals surface area contributed by atoms with E-state index in [-0.39, 0.29) is 52.7 Å². The molecule has 0 aliphatic carbocycles. The monoisotopic (exact) mass is 469 g/mol. The molecule has 18 heavy (non-hydrogen) atoms. The SMILES string of the molecule is O=S(=O)([O-])[O-].O=S(=O)([O-])[O-].O=S(=O)([O-])[O-].[Co+2].[Ni+2].[Zn+2]. The van der Waals surface area contributed by atoms with Gasteiger partial charge in [-0.25, -0.2) is 0 Å². The normalized spacial score (nSPS) is 9.67. The Balaban J connectivity index is -0.0000000277. The van der Waals surface area contributed by atoms with Gasteiger partial charge in [-0.1, -0.05) is 0 Å². The molecule has 0 bridgehead atoms. The predicted octanol–water partition coefficient (Wildman–Crippen LogP) is -4.02. The molecular weight excluding hydrogens is 471 g/mol. The van der Waals surface area contributed by atoms with Crippen LogP contribution in [-0.4, -0.2) is 52.6 Å². The summed E-state index contributed by atoms with van der Waals surface area (Å²) in [5.41, 5.74) is 0. The minimum Gasteiger partial charge on any atom is -0.759 e. The summed E-state index contributed by atoms with van der Waals surface area (Å²) in [5, 5.41) is 0. The summed E-state index contributed by atoms with van der Waals surface area (Å²) in [7, 11) is -15.5. The fourth-order valence-corrected chi connectivity index (χ4v) is 0. The van der Waals surface area contributed by atoms with Crippen LogP contribution in [0.25, 0.3) is 0 Å². The zero-order chi connectivity index (χ0) is 13.5. The molecule has 12 nitrogen and oxygen atoms in total. The molecule has 0 aromatic rings. The Labute approximate surface area is 136 Å². The van der Waals surface area contributed by atoms with Crippen molar-refractivity contribution in [3.63, 3.8) is 0 Å². The molecule has 0 N–H and O–H groups in total. The Morgan fingerprint density at radius 2 is 0.500 bits per heavy atom. The van der Waals surface area contributed by atoms with Gasteiger partial charge in [-0.3, -0.25) is 25.3 Å². The number of rotatable bonds is 0. The van der Waals surface area contributed by atoms with E-state index in [9.17, 15) is 0 Å². The molecule has 0 fully saturated rings. The van der Waals surface area contributed by atoms with E-state index < -0.39 is 31.2 Å². The smallest absolute Gasteiger partial charge is 0.759 e. The van der Waals surface area contributed by atoms with Crippen LogP contribution in [-0.2, 0) is 83.9 Å². The summed E-state index contributed by atoms with van der Waals surface area (Å²) in [6.07, 6.45) is 0. The second-order valence-electron chi connectivity index (χ2n) is 1.22. The van der Waals surface area contributed by atoms with Gasteiger partial charge in [-0.05, 0) is 0 Å². The fourth-order valence-electron chi connectivity index (χ4n) is 0. The van der Waals surface area contributed by atoms with Crippen LogP contribution < -0.4 is 0 Å². The molecule has 0 rings (SSSR count). The number of hydrogen-bond donors (Lipinski definition) is 0.